The zero-order valence-electron chi connectivity index (χ0n) is 24.0. The Hall–Kier alpha value is -2.49. The van der Waals surface area contributed by atoms with E-state index in [0.29, 0.717) is 32.2 Å². The SMILES string of the molecule is CCC(=O)[C@@H](N)CCCCNC(=O)CC[C@H](NC(=O)CCCCCCCCCCCCCCC(=O)O)C(=O)O. The van der Waals surface area contributed by atoms with Crippen molar-refractivity contribution in [3.05, 3.63) is 0 Å². The van der Waals surface area contributed by atoms with Crippen LogP contribution in [0.4, 0.5) is 0 Å². The van der Waals surface area contributed by atoms with E-state index < -0.39 is 24.0 Å². The number of Topliss-reactive ketones (excluding diaryl/α,β-unsaturated/α-hetero) is 1. The second kappa shape index (κ2) is 24.5. The Bertz CT molecular complexity index is 715. The van der Waals surface area contributed by atoms with Crippen LogP contribution in [0.25, 0.3) is 0 Å². The maximum Gasteiger partial charge on any atom is 0.326 e. The highest BCUT2D eigenvalue weighted by Gasteiger charge is 2.20. The molecular weight excluding hydrogens is 502 g/mol. The highest BCUT2D eigenvalue weighted by molar-refractivity contribution is 5.84. The average molecular weight is 556 g/mol. The molecule has 0 saturated carbocycles. The van der Waals surface area contributed by atoms with Gasteiger partial charge in [0, 0.05) is 32.2 Å². The fourth-order valence-electron chi connectivity index (χ4n) is 4.36. The molecule has 0 radical (unpaired) electrons. The Morgan fingerprint density at radius 1 is 0.641 bits per heavy atom. The lowest BCUT2D eigenvalue weighted by molar-refractivity contribution is -0.142. The predicted molar refractivity (Wildman–Crippen MR) is 151 cm³/mol. The molecule has 39 heavy (non-hydrogen) atoms. The van der Waals surface area contributed by atoms with E-state index in [0.717, 1.165) is 51.4 Å². The molecule has 0 aliphatic carbocycles. The van der Waals surface area contributed by atoms with Gasteiger partial charge >= 0.3 is 11.9 Å². The number of aliphatic carboxylic acids is 2. The molecular formula is C29H53N3O7. The van der Waals surface area contributed by atoms with Gasteiger partial charge in [-0.05, 0) is 38.5 Å². The number of carboxylic acids is 2. The Morgan fingerprint density at radius 2 is 1.15 bits per heavy atom. The fraction of sp³-hybridized carbons (Fsp3) is 0.828. The maximum absolute atomic E-state index is 12.2. The quantitative estimate of drug-likeness (QED) is 0.0922. The molecule has 6 N–H and O–H groups in total. The number of nitrogens with two attached hydrogens (primary N) is 1. The lowest BCUT2D eigenvalue weighted by Crippen LogP contribution is -2.41. The normalized spacial score (nSPS) is 12.5. The van der Waals surface area contributed by atoms with Crippen molar-refractivity contribution < 1.29 is 34.2 Å². The third kappa shape index (κ3) is 23.1. The number of unbranched alkanes of at least 4 members (excludes halogenated alkanes) is 12. The largest absolute Gasteiger partial charge is 0.481 e. The van der Waals surface area contributed by atoms with E-state index in [4.69, 9.17) is 10.8 Å². The second-order valence-corrected chi connectivity index (χ2v) is 10.4. The van der Waals surface area contributed by atoms with Crippen molar-refractivity contribution in [2.45, 2.75) is 147 Å². The molecule has 0 spiro atoms. The molecule has 0 fully saturated rings. The molecule has 0 bridgehead atoms. The van der Waals surface area contributed by atoms with Crippen molar-refractivity contribution in [2.75, 3.05) is 6.54 Å². The molecule has 226 valence electrons. The summed E-state index contributed by atoms with van der Waals surface area (Å²) in [5.41, 5.74) is 5.77. The number of carbonyl (C=O) groups excluding carboxylic acids is 3. The number of carboxylic acid groups (broad SMARTS) is 2. The van der Waals surface area contributed by atoms with E-state index in [9.17, 15) is 29.1 Å². The zero-order valence-corrected chi connectivity index (χ0v) is 24.0. The molecule has 0 aliphatic rings. The van der Waals surface area contributed by atoms with Crippen LogP contribution in [0.5, 0.6) is 0 Å². The number of ketones is 1. The van der Waals surface area contributed by atoms with Gasteiger partial charge in [-0.1, -0.05) is 71.1 Å². The molecule has 0 aromatic heterocycles. The van der Waals surface area contributed by atoms with Crippen LogP contribution in [0.1, 0.15) is 135 Å². The van der Waals surface area contributed by atoms with Crippen LogP contribution < -0.4 is 16.4 Å². The second-order valence-electron chi connectivity index (χ2n) is 10.4. The molecule has 2 atom stereocenters. The van der Waals surface area contributed by atoms with Gasteiger partial charge in [0.2, 0.25) is 11.8 Å². The minimum absolute atomic E-state index is 0.00973. The van der Waals surface area contributed by atoms with Gasteiger partial charge in [-0.25, -0.2) is 4.79 Å². The number of carbonyl (C=O) groups is 5. The van der Waals surface area contributed by atoms with Crippen LogP contribution in [0.2, 0.25) is 0 Å². The van der Waals surface area contributed by atoms with Crippen molar-refractivity contribution in [2.24, 2.45) is 5.73 Å². The summed E-state index contributed by atoms with van der Waals surface area (Å²) in [6.07, 6.45) is 15.6. The van der Waals surface area contributed by atoms with Gasteiger partial charge in [0.25, 0.3) is 0 Å². The maximum atomic E-state index is 12.2. The fourth-order valence-corrected chi connectivity index (χ4v) is 4.36. The zero-order chi connectivity index (χ0) is 29.3. The van der Waals surface area contributed by atoms with Crippen LogP contribution in [0.15, 0.2) is 0 Å². The van der Waals surface area contributed by atoms with Gasteiger partial charge in [0.1, 0.15) is 11.8 Å². The van der Waals surface area contributed by atoms with E-state index in [-0.39, 0.29) is 43.3 Å². The van der Waals surface area contributed by atoms with E-state index >= 15 is 0 Å². The van der Waals surface area contributed by atoms with E-state index in [1.54, 1.807) is 6.92 Å². The molecule has 0 rings (SSSR count). The topological polar surface area (TPSA) is 176 Å². The number of amides is 2. The van der Waals surface area contributed by atoms with Crippen molar-refractivity contribution in [1.29, 1.82) is 0 Å². The first kappa shape index (κ1) is 36.5. The van der Waals surface area contributed by atoms with Gasteiger partial charge in [-0.3, -0.25) is 19.2 Å². The number of hydrogen-bond acceptors (Lipinski definition) is 6. The molecule has 0 unspecified atom stereocenters. The summed E-state index contributed by atoms with van der Waals surface area (Å²) < 4.78 is 0. The van der Waals surface area contributed by atoms with Crippen molar-refractivity contribution in [1.82, 2.24) is 10.6 Å². The lowest BCUT2D eigenvalue weighted by Gasteiger charge is -2.14. The minimum atomic E-state index is -1.15. The van der Waals surface area contributed by atoms with Crippen molar-refractivity contribution in [3.8, 4) is 0 Å². The van der Waals surface area contributed by atoms with Gasteiger partial charge < -0.3 is 26.6 Å². The molecule has 0 aromatic carbocycles. The van der Waals surface area contributed by atoms with Gasteiger partial charge in [-0.2, -0.15) is 0 Å². The predicted octanol–water partition coefficient (Wildman–Crippen LogP) is 4.47. The van der Waals surface area contributed by atoms with E-state index in [1.807, 2.05) is 0 Å². The standard InChI is InChI=1S/C29H53N3O7/c1-2-25(33)23(30)17-15-16-22-31-26(34)21-20-24(29(38)39)32-27(35)18-13-11-9-7-5-3-4-6-8-10-12-14-19-28(36)37/h23-24H,2-22,30H2,1H3,(H,31,34)(H,32,35)(H,36,37)(H,38,39)/t23-,24-/m0/s1. The van der Waals surface area contributed by atoms with Gasteiger partial charge in [-0.15, -0.1) is 0 Å². The summed E-state index contributed by atoms with van der Waals surface area (Å²) in [6, 6.07) is -1.54. The lowest BCUT2D eigenvalue weighted by atomic mass is 10.0. The van der Waals surface area contributed by atoms with Crippen LogP contribution >= 0.6 is 0 Å². The Kier molecular flexibility index (Phi) is 23.0. The van der Waals surface area contributed by atoms with Crippen molar-refractivity contribution >= 4 is 29.5 Å². The first-order valence-corrected chi connectivity index (χ1v) is 15.0. The molecule has 0 saturated heterocycles. The third-order valence-electron chi connectivity index (χ3n) is 6.86. The highest BCUT2D eigenvalue weighted by atomic mass is 16.4. The average Bonchev–Trinajstić information content (AvgIpc) is 2.89. The molecule has 0 heterocycles. The van der Waals surface area contributed by atoms with Crippen LogP contribution in [-0.4, -0.2) is 58.4 Å². The first-order valence-electron chi connectivity index (χ1n) is 15.0. The first-order chi connectivity index (χ1) is 18.7. The minimum Gasteiger partial charge on any atom is -0.481 e. The summed E-state index contributed by atoms with van der Waals surface area (Å²) in [6.45, 7) is 2.21. The molecule has 0 aliphatic heterocycles. The summed E-state index contributed by atoms with van der Waals surface area (Å²) in [5.74, 6) is -2.40. The molecule has 0 aromatic rings. The number of hydrogen-bond donors (Lipinski definition) is 5. The summed E-state index contributed by atoms with van der Waals surface area (Å²) in [4.78, 5) is 57.6. The van der Waals surface area contributed by atoms with Crippen LogP contribution in [-0.2, 0) is 24.0 Å². The Balaban J connectivity index is 3.77. The third-order valence-corrected chi connectivity index (χ3v) is 6.86. The van der Waals surface area contributed by atoms with E-state index in [1.165, 1.54) is 25.7 Å². The van der Waals surface area contributed by atoms with Gasteiger partial charge in [0.15, 0.2) is 0 Å². The Labute approximate surface area is 234 Å². The monoisotopic (exact) mass is 555 g/mol. The molecule has 2 amide bonds. The summed E-state index contributed by atoms with van der Waals surface area (Å²) >= 11 is 0. The molecule has 10 heteroatoms. The smallest absolute Gasteiger partial charge is 0.326 e. The number of nitrogens with one attached hydrogen (secondary N) is 2. The van der Waals surface area contributed by atoms with E-state index in [2.05, 4.69) is 10.6 Å². The van der Waals surface area contributed by atoms with Crippen LogP contribution in [0.3, 0.4) is 0 Å². The van der Waals surface area contributed by atoms with Crippen molar-refractivity contribution in [3.63, 3.8) is 0 Å². The Morgan fingerprint density at radius 3 is 1.64 bits per heavy atom. The highest BCUT2D eigenvalue weighted by Crippen LogP contribution is 2.13. The number of rotatable bonds is 27. The molecule has 10 nitrogen and oxygen atoms in total. The van der Waals surface area contributed by atoms with Crippen LogP contribution in [0, 0.1) is 0 Å². The summed E-state index contributed by atoms with van der Waals surface area (Å²) in [7, 11) is 0. The summed E-state index contributed by atoms with van der Waals surface area (Å²) in [5, 5.41) is 23.3. The van der Waals surface area contributed by atoms with Gasteiger partial charge in [0.05, 0.1) is 6.04 Å².